The molecule has 0 aliphatic heterocycles. The van der Waals surface area contributed by atoms with Gasteiger partial charge in [0.2, 0.25) is 5.88 Å². The molecule has 3 aromatic rings. The van der Waals surface area contributed by atoms with Crippen molar-refractivity contribution in [3.63, 3.8) is 0 Å². The summed E-state index contributed by atoms with van der Waals surface area (Å²) < 4.78 is 5.48. The van der Waals surface area contributed by atoms with E-state index in [1.54, 1.807) is 6.20 Å². The fraction of sp³-hybridized carbons (Fsp3) is 0.217. The quantitative estimate of drug-likeness (QED) is 0.611. The number of hydrogen-bond donors (Lipinski definition) is 2. The molecule has 144 valence electrons. The molecule has 0 aliphatic rings. The highest BCUT2D eigenvalue weighted by atomic mass is 16.5. The number of benzene rings is 2. The minimum Gasteiger partial charge on any atom is -0.478 e. The number of amides is 2. The van der Waals surface area contributed by atoms with Crippen molar-refractivity contribution in [3.05, 3.63) is 95.7 Å². The Morgan fingerprint density at radius 2 is 1.61 bits per heavy atom. The highest BCUT2D eigenvalue weighted by Gasteiger charge is 2.16. The Morgan fingerprint density at radius 1 is 0.964 bits per heavy atom. The number of ether oxygens (including phenoxy) is 1. The number of hydrogen-bond acceptors (Lipinski definition) is 3. The minimum atomic E-state index is -0.232. The summed E-state index contributed by atoms with van der Waals surface area (Å²) in [5.41, 5.74) is 2.97. The molecule has 5 nitrogen and oxygen atoms in total. The number of rotatable bonds is 8. The Bertz CT molecular complexity index is 813. The van der Waals surface area contributed by atoms with E-state index < -0.39 is 0 Å². The van der Waals surface area contributed by atoms with Crippen LogP contribution in [0.5, 0.6) is 5.88 Å². The summed E-state index contributed by atoms with van der Waals surface area (Å²) in [5, 5.41) is 5.96. The molecule has 0 spiro atoms. The molecule has 0 unspecified atom stereocenters. The number of pyridine rings is 1. The lowest BCUT2D eigenvalue weighted by atomic mass is 9.99. The van der Waals surface area contributed by atoms with Gasteiger partial charge in [-0.1, -0.05) is 73.7 Å². The summed E-state index contributed by atoms with van der Waals surface area (Å²) in [4.78, 5) is 16.8. The van der Waals surface area contributed by atoms with Crippen LogP contribution in [0.15, 0.2) is 79.0 Å². The van der Waals surface area contributed by atoms with E-state index in [2.05, 4.69) is 22.5 Å². The molecule has 0 saturated heterocycles. The molecule has 0 bridgehead atoms. The lowest BCUT2D eigenvalue weighted by Gasteiger charge is -2.20. The summed E-state index contributed by atoms with van der Waals surface area (Å²) in [6, 6.07) is 23.1. The number of urea groups is 1. The van der Waals surface area contributed by atoms with Crippen molar-refractivity contribution in [2.75, 3.05) is 6.61 Å². The maximum absolute atomic E-state index is 12.5. The second-order valence-corrected chi connectivity index (χ2v) is 6.43. The van der Waals surface area contributed by atoms with Crippen molar-refractivity contribution in [2.45, 2.75) is 25.9 Å². The number of nitrogens with zero attached hydrogens (tertiary/aromatic N) is 1. The Hall–Kier alpha value is -3.34. The predicted molar refractivity (Wildman–Crippen MR) is 110 cm³/mol. The molecule has 5 heteroatoms. The van der Waals surface area contributed by atoms with E-state index in [9.17, 15) is 4.79 Å². The highest BCUT2D eigenvalue weighted by Crippen LogP contribution is 2.21. The van der Waals surface area contributed by atoms with Crippen molar-refractivity contribution in [1.82, 2.24) is 15.6 Å². The monoisotopic (exact) mass is 375 g/mol. The second kappa shape index (κ2) is 10.1. The van der Waals surface area contributed by atoms with Gasteiger partial charge in [-0.25, -0.2) is 9.78 Å². The van der Waals surface area contributed by atoms with Gasteiger partial charge < -0.3 is 15.4 Å². The van der Waals surface area contributed by atoms with Crippen LogP contribution in [0.2, 0.25) is 0 Å². The predicted octanol–water partition coefficient (Wildman–Crippen LogP) is 4.46. The molecular weight excluding hydrogens is 350 g/mol. The first-order valence-electron chi connectivity index (χ1n) is 9.48. The van der Waals surface area contributed by atoms with Crippen LogP contribution in [0.4, 0.5) is 4.79 Å². The van der Waals surface area contributed by atoms with Crippen LogP contribution in [0.25, 0.3) is 0 Å². The second-order valence-electron chi connectivity index (χ2n) is 6.43. The third-order valence-corrected chi connectivity index (χ3v) is 4.25. The molecule has 2 N–H and O–H groups in total. The summed E-state index contributed by atoms with van der Waals surface area (Å²) >= 11 is 0. The van der Waals surface area contributed by atoms with Gasteiger partial charge in [-0.3, -0.25) is 0 Å². The molecule has 0 saturated carbocycles. The van der Waals surface area contributed by atoms with Gasteiger partial charge in [-0.05, 0) is 23.1 Å². The number of carbonyl (C=O) groups is 1. The number of nitrogens with one attached hydrogen (secondary N) is 2. The summed E-state index contributed by atoms with van der Waals surface area (Å²) in [7, 11) is 0. The molecule has 1 heterocycles. The van der Waals surface area contributed by atoms with Crippen LogP contribution in [0.1, 0.15) is 36.1 Å². The van der Waals surface area contributed by atoms with Gasteiger partial charge in [0.25, 0.3) is 0 Å². The largest absolute Gasteiger partial charge is 0.478 e. The first-order valence-corrected chi connectivity index (χ1v) is 9.48. The number of aromatic nitrogens is 1. The lowest BCUT2D eigenvalue weighted by molar-refractivity contribution is 0.238. The fourth-order valence-corrected chi connectivity index (χ4v) is 2.82. The van der Waals surface area contributed by atoms with Gasteiger partial charge >= 0.3 is 6.03 Å². The molecule has 0 aliphatic carbocycles. The van der Waals surface area contributed by atoms with Crippen LogP contribution in [-0.4, -0.2) is 17.6 Å². The summed E-state index contributed by atoms with van der Waals surface area (Å²) in [6.07, 6.45) is 2.66. The standard InChI is InChI=1S/C23H25N3O2/c1-2-15-28-21-14-13-18(16-24-21)17-25-23(27)26-22(19-9-5-3-6-10-19)20-11-7-4-8-12-20/h3-14,16,22H,2,15,17H2,1H3,(H2,25,26,27). The Balaban J connectivity index is 1.61. The zero-order valence-corrected chi connectivity index (χ0v) is 16.0. The van der Waals surface area contributed by atoms with Crippen LogP contribution < -0.4 is 15.4 Å². The smallest absolute Gasteiger partial charge is 0.315 e. The SMILES string of the molecule is CCCOc1ccc(CNC(=O)NC(c2ccccc2)c2ccccc2)cn1. The van der Waals surface area contributed by atoms with E-state index in [0.717, 1.165) is 23.1 Å². The maximum atomic E-state index is 12.5. The topological polar surface area (TPSA) is 63.2 Å². The van der Waals surface area contributed by atoms with Crippen molar-refractivity contribution in [1.29, 1.82) is 0 Å². The molecule has 2 aromatic carbocycles. The van der Waals surface area contributed by atoms with Crippen LogP contribution in [0.3, 0.4) is 0 Å². The molecule has 0 fully saturated rings. The van der Waals surface area contributed by atoms with Crippen molar-refractivity contribution in [3.8, 4) is 5.88 Å². The first-order chi connectivity index (χ1) is 13.8. The Labute approximate surface area is 165 Å². The zero-order valence-electron chi connectivity index (χ0n) is 16.0. The van der Waals surface area contributed by atoms with E-state index in [0.29, 0.717) is 19.0 Å². The van der Waals surface area contributed by atoms with E-state index in [1.807, 2.05) is 72.8 Å². The first kappa shape index (κ1) is 19.4. The number of carbonyl (C=O) groups excluding carboxylic acids is 1. The summed E-state index contributed by atoms with van der Waals surface area (Å²) in [5.74, 6) is 0.600. The van der Waals surface area contributed by atoms with Gasteiger partial charge in [-0.15, -0.1) is 0 Å². The molecule has 3 rings (SSSR count). The zero-order chi connectivity index (χ0) is 19.6. The lowest BCUT2D eigenvalue weighted by Crippen LogP contribution is -2.38. The molecule has 0 radical (unpaired) electrons. The van der Waals surface area contributed by atoms with Gasteiger partial charge in [0.15, 0.2) is 0 Å². The van der Waals surface area contributed by atoms with E-state index >= 15 is 0 Å². The van der Waals surface area contributed by atoms with Crippen LogP contribution in [-0.2, 0) is 6.54 Å². The average Bonchev–Trinajstić information content (AvgIpc) is 2.76. The Morgan fingerprint density at radius 3 is 2.14 bits per heavy atom. The van der Waals surface area contributed by atoms with Crippen LogP contribution >= 0.6 is 0 Å². The fourth-order valence-electron chi connectivity index (χ4n) is 2.82. The van der Waals surface area contributed by atoms with Gasteiger partial charge in [0.1, 0.15) is 0 Å². The van der Waals surface area contributed by atoms with Gasteiger partial charge in [-0.2, -0.15) is 0 Å². The van der Waals surface area contributed by atoms with E-state index in [-0.39, 0.29) is 12.1 Å². The molecular formula is C23H25N3O2. The molecule has 1 aromatic heterocycles. The third-order valence-electron chi connectivity index (χ3n) is 4.25. The van der Waals surface area contributed by atoms with Gasteiger partial charge in [0.05, 0.1) is 12.6 Å². The molecule has 2 amide bonds. The third kappa shape index (κ3) is 5.58. The highest BCUT2D eigenvalue weighted by molar-refractivity contribution is 5.75. The average molecular weight is 375 g/mol. The van der Waals surface area contributed by atoms with Crippen molar-refractivity contribution >= 4 is 6.03 Å². The normalized spacial score (nSPS) is 10.5. The molecule has 28 heavy (non-hydrogen) atoms. The maximum Gasteiger partial charge on any atom is 0.315 e. The van der Waals surface area contributed by atoms with Crippen LogP contribution in [0, 0.1) is 0 Å². The Kier molecular flexibility index (Phi) is 7.01. The summed E-state index contributed by atoms with van der Waals surface area (Å²) in [6.45, 7) is 3.09. The van der Waals surface area contributed by atoms with E-state index in [4.69, 9.17) is 4.74 Å². The van der Waals surface area contributed by atoms with Crippen molar-refractivity contribution in [2.24, 2.45) is 0 Å². The van der Waals surface area contributed by atoms with Gasteiger partial charge in [0, 0.05) is 18.8 Å². The molecule has 0 atom stereocenters. The minimum absolute atomic E-state index is 0.217. The van der Waals surface area contributed by atoms with E-state index in [1.165, 1.54) is 0 Å². The van der Waals surface area contributed by atoms with Crippen molar-refractivity contribution < 1.29 is 9.53 Å².